The maximum atomic E-state index is 12.3. The number of hydrogen-bond acceptors (Lipinski definition) is 5. The smallest absolute Gasteiger partial charge is 0.410 e. The molecule has 1 atom stereocenters. The number of carbonyl (C=O) groups excluding carboxylic acids is 2. The lowest BCUT2D eigenvalue weighted by Crippen LogP contribution is -2.31. The molecule has 8 heteroatoms. The molecule has 33 heavy (non-hydrogen) atoms. The molecule has 0 spiro atoms. The number of benzene rings is 1. The van der Waals surface area contributed by atoms with Crippen LogP contribution in [0.4, 0.5) is 10.6 Å². The summed E-state index contributed by atoms with van der Waals surface area (Å²) in [5.41, 5.74) is 1.75. The highest BCUT2D eigenvalue weighted by atomic mass is 16.6. The molecule has 0 radical (unpaired) electrons. The first-order valence-corrected chi connectivity index (χ1v) is 11.9. The summed E-state index contributed by atoms with van der Waals surface area (Å²) in [6.45, 7) is 7.36. The minimum atomic E-state index is -0.341. The number of rotatable bonds is 5. The lowest BCUT2D eigenvalue weighted by Gasteiger charge is -2.21. The second-order valence-electron chi connectivity index (χ2n) is 8.31. The van der Waals surface area contributed by atoms with Gasteiger partial charge in [0, 0.05) is 18.0 Å². The number of nitrogens with one attached hydrogen (secondary N) is 2. The van der Waals surface area contributed by atoms with Crippen LogP contribution in [0.25, 0.3) is 0 Å². The van der Waals surface area contributed by atoms with Crippen LogP contribution in [0.5, 0.6) is 0 Å². The molecule has 2 aromatic rings. The van der Waals surface area contributed by atoms with E-state index in [2.05, 4.69) is 15.5 Å². The highest BCUT2D eigenvalue weighted by Crippen LogP contribution is 2.36. The Labute approximate surface area is 197 Å². The molecule has 2 amide bonds. The van der Waals surface area contributed by atoms with Crippen molar-refractivity contribution in [3.63, 3.8) is 0 Å². The number of fused-ring (bicyclic) bond motifs is 1. The number of aromatic nitrogens is 2. The van der Waals surface area contributed by atoms with Crippen LogP contribution in [0, 0.1) is 5.92 Å². The number of anilines is 1. The van der Waals surface area contributed by atoms with E-state index in [0.717, 1.165) is 36.9 Å². The summed E-state index contributed by atoms with van der Waals surface area (Å²) in [6.07, 6.45) is 3.77. The lowest BCUT2D eigenvalue weighted by atomic mass is 10.1. The molecule has 1 aliphatic carbocycles. The Morgan fingerprint density at radius 1 is 1.12 bits per heavy atom. The van der Waals surface area contributed by atoms with Crippen LogP contribution in [0.2, 0.25) is 0 Å². The minimum absolute atomic E-state index is 0.0338. The summed E-state index contributed by atoms with van der Waals surface area (Å²) in [6, 6.07) is 11.9. The molecule has 0 bridgehead atoms. The van der Waals surface area contributed by atoms with Crippen LogP contribution in [0.15, 0.2) is 36.4 Å². The summed E-state index contributed by atoms with van der Waals surface area (Å²) in [4.78, 5) is 28.3. The predicted molar refractivity (Wildman–Crippen MR) is 131 cm³/mol. The van der Waals surface area contributed by atoms with Gasteiger partial charge in [-0.25, -0.2) is 4.79 Å². The van der Waals surface area contributed by atoms with E-state index in [1.54, 1.807) is 4.90 Å². The first-order chi connectivity index (χ1) is 16.0. The molecular formula is C25H39N5O3. The van der Waals surface area contributed by atoms with Crippen molar-refractivity contribution < 1.29 is 14.3 Å². The summed E-state index contributed by atoms with van der Waals surface area (Å²) in [5, 5.41) is 10.1. The molecule has 1 aliphatic heterocycles. The van der Waals surface area contributed by atoms with Gasteiger partial charge in [0.25, 0.3) is 0 Å². The topological polar surface area (TPSA) is 90.6 Å². The Hall–Kier alpha value is -2.87. The van der Waals surface area contributed by atoms with E-state index in [-0.39, 0.29) is 24.0 Å². The SMILES string of the molecule is CC.CC1c2[nH]nc(NC(=O)C3CCCC3)c2CN1C(=O)OCCN(C)C.c1ccccc1. The lowest BCUT2D eigenvalue weighted by molar-refractivity contribution is -0.119. The van der Waals surface area contributed by atoms with E-state index in [9.17, 15) is 9.59 Å². The van der Waals surface area contributed by atoms with Crippen molar-refractivity contribution in [3.8, 4) is 0 Å². The number of hydrogen-bond donors (Lipinski definition) is 2. The number of aromatic amines is 1. The maximum absolute atomic E-state index is 12.3. The first kappa shape index (κ1) is 26.4. The third-order valence-corrected chi connectivity index (χ3v) is 5.75. The fraction of sp³-hybridized carbons (Fsp3) is 0.560. The van der Waals surface area contributed by atoms with Crippen molar-refractivity contribution >= 4 is 17.8 Å². The standard InChI is InChI=1S/C17H27N5O3.C6H6.C2H6/c1-11-14-13(10-22(11)17(24)25-9-8-21(2)3)15(20-19-14)18-16(23)12-6-4-5-7-12;1-2-4-6-5-3-1;1-2/h11-12H,4-10H2,1-3H3,(H2,18,19,20,23);1-6H;1-2H3. The monoisotopic (exact) mass is 457 g/mol. The first-order valence-electron chi connectivity index (χ1n) is 11.9. The van der Waals surface area contributed by atoms with Crippen LogP contribution >= 0.6 is 0 Å². The van der Waals surface area contributed by atoms with Gasteiger partial charge < -0.3 is 15.0 Å². The van der Waals surface area contributed by atoms with Crippen molar-refractivity contribution in [2.45, 2.75) is 59.0 Å². The molecule has 2 N–H and O–H groups in total. The van der Waals surface area contributed by atoms with E-state index in [4.69, 9.17) is 4.74 Å². The van der Waals surface area contributed by atoms with Crippen LogP contribution in [-0.2, 0) is 16.1 Å². The Morgan fingerprint density at radius 3 is 2.24 bits per heavy atom. The molecule has 4 rings (SSSR count). The zero-order valence-corrected chi connectivity index (χ0v) is 20.6. The molecule has 1 unspecified atom stereocenters. The van der Waals surface area contributed by atoms with Gasteiger partial charge in [-0.2, -0.15) is 5.10 Å². The van der Waals surface area contributed by atoms with E-state index in [1.807, 2.05) is 76.2 Å². The van der Waals surface area contributed by atoms with Gasteiger partial charge in [-0.15, -0.1) is 0 Å². The van der Waals surface area contributed by atoms with Crippen molar-refractivity contribution in [3.05, 3.63) is 47.7 Å². The third-order valence-electron chi connectivity index (χ3n) is 5.75. The fourth-order valence-electron chi connectivity index (χ4n) is 3.86. The minimum Gasteiger partial charge on any atom is -0.448 e. The van der Waals surface area contributed by atoms with Crippen LogP contribution in [0.1, 0.15) is 63.8 Å². The van der Waals surface area contributed by atoms with Crippen LogP contribution < -0.4 is 5.32 Å². The molecule has 182 valence electrons. The Balaban J connectivity index is 0.000000411. The quantitative estimate of drug-likeness (QED) is 0.671. The van der Waals surface area contributed by atoms with Crippen molar-refractivity contribution in [2.75, 3.05) is 32.6 Å². The number of ether oxygens (including phenoxy) is 1. The molecule has 1 fully saturated rings. The molecule has 8 nitrogen and oxygen atoms in total. The number of carbonyl (C=O) groups is 2. The normalized spacial score (nSPS) is 16.9. The van der Waals surface area contributed by atoms with Gasteiger partial charge in [-0.1, -0.05) is 63.1 Å². The highest BCUT2D eigenvalue weighted by molar-refractivity contribution is 5.92. The fourth-order valence-corrected chi connectivity index (χ4v) is 3.86. The third kappa shape index (κ3) is 7.60. The Morgan fingerprint density at radius 2 is 1.70 bits per heavy atom. The average molecular weight is 458 g/mol. The molecule has 1 aromatic heterocycles. The van der Waals surface area contributed by atoms with Gasteiger partial charge in [0.05, 0.1) is 18.3 Å². The average Bonchev–Trinajstić information content (AvgIpc) is 3.56. The molecule has 2 heterocycles. The van der Waals surface area contributed by atoms with Gasteiger partial charge in [0.15, 0.2) is 5.82 Å². The van der Waals surface area contributed by atoms with E-state index in [0.29, 0.717) is 25.5 Å². The molecule has 0 saturated heterocycles. The van der Waals surface area contributed by atoms with E-state index in [1.165, 1.54) is 0 Å². The molecular weight excluding hydrogens is 418 g/mol. The number of likely N-dealkylation sites (N-methyl/N-ethyl adjacent to an activating group) is 1. The Bertz CT molecular complexity index is 820. The predicted octanol–water partition coefficient (Wildman–Crippen LogP) is 4.83. The van der Waals surface area contributed by atoms with Crippen molar-refractivity contribution in [1.82, 2.24) is 20.0 Å². The summed E-state index contributed by atoms with van der Waals surface area (Å²) < 4.78 is 5.33. The second-order valence-corrected chi connectivity index (χ2v) is 8.31. The van der Waals surface area contributed by atoms with Crippen LogP contribution in [-0.4, -0.2) is 59.2 Å². The summed E-state index contributed by atoms with van der Waals surface area (Å²) in [7, 11) is 3.87. The van der Waals surface area contributed by atoms with Gasteiger partial charge >= 0.3 is 6.09 Å². The molecule has 2 aliphatic rings. The van der Waals surface area contributed by atoms with E-state index < -0.39 is 0 Å². The van der Waals surface area contributed by atoms with Crippen LogP contribution in [0.3, 0.4) is 0 Å². The summed E-state index contributed by atoms with van der Waals surface area (Å²) in [5.74, 6) is 0.659. The zero-order chi connectivity index (χ0) is 24.2. The van der Waals surface area contributed by atoms with Crippen molar-refractivity contribution in [2.24, 2.45) is 5.92 Å². The molecule has 1 saturated carbocycles. The van der Waals surface area contributed by atoms with Gasteiger partial charge in [0.2, 0.25) is 5.91 Å². The largest absolute Gasteiger partial charge is 0.448 e. The zero-order valence-electron chi connectivity index (χ0n) is 20.6. The molecule has 1 aromatic carbocycles. The maximum Gasteiger partial charge on any atom is 0.410 e. The number of nitrogens with zero attached hydrogens (tertiary/aromatic N) is 3. The highest BCUT2D eigenvalue weighted by Gasteiger charge is 2.36. The van der Waals surface area contributed by atoms with Gasteiger partial charge in [0.1, 0.15) is 6.61 Å². The number of amides is 2. The number of H-pyrrole nitrogens is 1. The van der Waals surface area contributed by atoms with E-state index >= 15 is 0 Å². The summed E-state index contributed by atoms with van der Waals surface area (Å²) >= 11 is 0. The van der Waals surface area contributed by atoms with Crippen molar-refractivity contribution in [1.29, 1.82) is 0 Å². The Kier molecular flexibility index (Phi) is 10.9. The second kappa shape index (κ2) is 13.6. The van der Waals surface area contributed by atoms with Gasteiger partial charge in [-0.3, -0.25) is 14.8 Å². The van der Waals surface area contributed by atoms with Gasteiger partial charge in [-0.05, 0) is 33.9 Å².